The third kappa shape index (κ3) is 1.43. The van der Waals surface area contributed by atoms with E-state index in [0.717, 1.165) is 5.39 Å². The molecule has 4 nitrogen and oxygen atoms in total. The van der Waals surface area contributed by atoms with Crippen LogP contribution in [0.1, 0.15) is 20.8 Å². The molecule has 1 aliphatic rings. The van der Waals surface area contributed by atoms with Gasteiger partial charge in [0.05, 0.1) is 18.2 Å². The minimum Gasteiger partial charge on any atom is -0.492 e. The Balaban J connectivity index is 2.31. The maximum Gasteiger partial charge on any atom is 0.230 e. The van der Waals surface area contributed by atoms with E-state index in [9.17, 15) is 9.59 Å². The fourth-order valence-corrected chi connectivity index (χ4v) is 2.01. The van der Waals surface area contributed by atoms with Crippen LogP contribution in [-0.4, -0.2) is 23.7 Å². The zero-order chi connectivity index (χ0) is 12.7. The largest absolute Gasteiger partial charge is 0.492 e. The summed E-state index contributed by atoms with van der Waals surface area (Å²) in [7, 11) is 1.37. The molecule has 1 aromatic heterocycles. The lowest BCUT2D eigenvalue weighted by Gasteiger charge is -2.13. The first-order valence-corrected chi connectivity index (χ1v) is 5.45. The average molecular weight is 239 g/mol. The quantitative estimate of drug-likeness (QED) is 0.765. The molecule has 0 fully saturated rings. The molecule has 0 radical (unpaired) electrons. The van der Waals surface area contributed by atoms with Crippen molar-refractivity contribution in [2.75, 3.05) is 7.11 Å². The van der Waals surface area contributed by atoms with Gasteiger partial charge in [-0.2, -0.15) is 0 Å². The maximum absolute atomic E-state index is 12.1. The molecule has 0 saturated heterocycles. The van der Waals surface area contributed by atoms with Crippen molar-refractivity contribution in [3.63, 3.8) is 0 Å². The molecule has 88 valence electrons. The number of methoxy groups -OCH3 is 1. The number of hydrogen-bond donors (Lipinski definition) is 0. The number of pyridine rings is 1. The number of carbonyl (C=O) groups is 2. The van der Waals surface area contributed by atoms with Crippen molar-refractivity contribution in [1.29, 1.82) is 0 Å². The SMILES string of the molecule is COC1=CC(=O)c2nc3ccccc3cc2C1=O. The summed E-state index contributed by atoms with van der Waals surface area (Å²) in [6.45, 7) is 0. The van der Waals surface area contributed by atoms with E-state index in [2.05, 4.69) is 4.98 Å². The summed E-state index contributed by atoms with van der Waals surface area (Å²) in [4.78, 5) is 28.2. The van der Waals surface area contributed by atoms with E-state index in [1.54, 1.807) is 6.07 Å². The molecule has 18 heavy (non-hydrogen) atoms. The van der Waals surface area contributed by atoms with E-state index in [-0.39, 0.29) is 23.0 Å². The number of rotatable bonds is 1. The maximum atomic E-state index is 12.1. The van der Waals surface area contributed by atoms with E-state index < -0.39 is 0 Å². The molecule has 0 aliphatic heterocycles. The molecule has 0 amide bonds. The smallest absolute Gasteiger partial charge is 0.230 e. The summed E-state index contributed by atoms with van der Waals surface area (Å²) in [5.74, 6) is -0.540. The minimum atomic E-state index is -0.301. The number of para-hydroxylation sites is 1. The molecule has 1 aromatic carbocycles. The summed E-state index contributed by atoms with van der Waals surface area (Å²) in [5.41, 5.74) is 1.20. The lowest BCUT2D eigenvalue weighted by molar-refractivity contribution is 0.0914. The number of carbonyl (C=O) groups excluding carboxylic acids is 2. The van der Waals surface area contributed by atoms with Crippen LogP contribution < -0.4 is 0 Å². The van der Waals surface area contributed by atoms with Crippen molar-refractivity contribution in [3.05, 3.63) is 53.4 Å². The van der Waals surface area contributed by atoms with Crippen LogP contribution in [0.2, 0.25) is 0 Å². The van der Waals surface area contributed by atoms with Crippen LogP contribution in [0.15, 0.2) is 42.2 Å². The first-order valence-electron chi connectivity index (χ1n) is 5.45. The van der Waals surface area contributed by atoms with Crippen LogP contribution >= 0.6 is 0 Å². The minimum absolute atomic E-state index is 0.0598. The van der Waals surface area contributed by atoms with Crippen LogP contribution in [0, 0.1) is 0 Å². The van der Waals surface area contributed by atoms with Gasteiger partial charge in [-0.25, -0.2) is 4.98 Å². The van der Waals surface area contributed by atoms with Gasteiger partial charge in [-0.15, -0.1) is 0 Å². The number of benzene rings is 1. The van der Waals surface area contributed by atoms with E-state index in [4.69, 9.17) is 4.74 Å². The fourth-order valence-electron chi connectivity index (χ4n) is 2.01. The molecule has 0 bridgehead atoms. The van der Waals surface area contributed by atoms with E-state index in [1.165, 1.54) is 13.2 Å². The number of hydrogen-bond acceptors (Lipinski definition) is 4. The van der Waals surface area contributed by atoms with Crippen LogP contribution in [0.25, 0.3) is 10.9 Å². The summed E-state index contributed by atoms with van der Waals surface area (Å²) in [6, 6.07) is 9.05. The normalized spacial score (nSPS) is 14.4. The summed E-state index contributed by atoms with van der Waals surface area (Å²) in [5, 5.41) is 0.828. The number of ketones is 2. The Hall–Kier alpha value is -2.49. The molecule has 4 heteroatoms. The lowest BCUT2D eigenvalue weighted by atomic mass is 9.96. The van der Waals surface area contributed by atoms with Gasteiger partial charge in [0.1, 0.15) is 5.69 Å². The molecular weight excluding hydrogens is 230 g/mol. The van der Waals surface area contributed by atoms with Crippen molar-refractivity contribution in [2.45, 2.75) is 0 Å². The van der Waals surface area contributed by atoms with Crippen LogP contribution in [0.4, 0.5) is 0 Å². The molecular formula is C14H9NO3. The molecule has 2 aromatic rings. The van der Waals surface area contributed by atoms with Gasteiger partial charge < -0.3 is 4.74 Å². The number of aromatic nitrogens is 1. The molecule has 1 heterocycles. The van der Waals surface area contributed by atoms with Crippen molar-refractivity contribution < 1.29 is 14.3 Å². The summed E-state index contributed by atoms with van der Waals surface area (Å²) < 4.78 is 4.91. The molecule has 0 spiro atoms. The van der Waals surface area contributed by atoms with Gasteiger partial charge in [0.2, 0.25) is 11.6 Å². The molecule has 0 N–H and O–H groups in total. The van der Waals surface area contributed by atoms with E-state index in [1.807, 2.05) is 24.3 Å². The first kappa shape index (κ1) is 10.7. The van der Waals surface area contributed by atoms with Crippen molar-refractivity contribution in [2.24, 2.45) is 0 Å². The van der Waals surface area contributed by atoms with Crippen molar-refractivity contribution in [3.8, 4) is 0 Å². The molecule has 0 unspecified atom stereocenters. The Morgan fingerprint density at radius 1 is 1.17 bits per heavy atom. The predicted molar refractivity (Wildman–Crippen MR) is 65.5 cm³/mol. The number of ether oxygens (including phenoxy) is 1. The Morgan fingerprint density at radius 2 is 1.94 bits per heavy atom. The topological polar surface area (TPSA) is 56.3 Å². The Bertz CT molecular complexity index is 716. The number of fused-ring (bicyclic) bond motifs is 2. The summed E-state index contributed by atoms with van der Waals surface area (Å²) in [6.07, 6.45) is 1.19. The number of allylic oxidation sites excluding steroid dienone is 2. The first-order chi connectivity index (χ1) is 8.70. The van der Waals surface area contributed by atoms with Crippen molar-refractivity contribution in [1.82, 2.24) is 4.98 Å². The highest BCUT2D eigenvalue weighted by Crippen LogP contribution is 2.24. The predicted octanol–water partition coefficient (Wildman–Crippen LogP) is 2.14. The molecule has 0 atom stereocenters. The van der Waals surface area contributed by atoms with E-state index in [0.29, 0.717) is 11.1 Å². The second-order valence-corrected chi connectivity index (χ2v) is 3.98. The van der Waals surface area contributed by atoms with Crippen molar-refractivity contribution >= 4 is 22.5 Å². The highest BCUT2D eigenvalue weighted by molar-refractivity contribution is 6.23. The third-order valence-corrected chi connectivity index (χ3v) is 2.91. The van der Waals surface area contributed by atoms with E-state index >= 15 is 0 Å². The second-order valence-electron chi connectivity index (χ2n) is 3.98. The third-order valence-electron chi connectivity index (χ3n) is 2.91. The number of nitrogens with zero attached hydrogens (tertiary/aromatic N) is 1. The van der Waals surface area contributed by atoms with Crippen LogP contribution in [0.3, 0.4) is 0 Å². The van der Waals surface area contributed by atoms with Gasteiger partial charge in [0.15, 0.2) is 5.76 Å². The van der Waals surface area contributed by atoms with Gasteiger partial charge in [0, 0.05) is 11.5 Å². The van der Waals surface area contributed by atoms with Gasteiger partial charge >= 0.3 is 0 Å². The van der Waals surface area contributed by atoms with Crippen LogP contribution in [-0.2, 0) is 4.74 Å². The fraction of sp³-hybridized carbons (Fsp3) is 0.0714. The van der Waals surface area contributed by atoms with Gasteiger partial charge in [-0.1, -0.05) is 18.2 Å². The Morgan fingerprint density at radius 3 is 2.72 bits per heavy atom. The Kier molecular flexibility index (Phi) is 2.23. The Labute approximate surface area is 103 Å². The van der Waals surface area contributed by atoms with Gasteiger partial charge in [-0.05, 0) is 12.1 Å². The van der Waals surface area contributed by atoms with Gasteiger partial charge in [-0.3, -0.25) is 9.59 Å². The zero-order valence-corrected chi connectivity index (χ0v) is 9.64. The zero-order valence-electron chi connectivity index (χ0n) is 9.64. The second kappa shape index (κ2) is 3.77. The highest BCUT2D eigenvalue weighted by Gasteiger charge is 2.28. The van der Waals surface area contributed by atoms with Crippen LogP contribution in [0.5, 0.6) is 0 Å². The highest BCUT2D eigenvalue weighted by atomic mass is 16.5. The molecule has 0 saturated carbocycles. The lowest BCUT2D eigenvalue weighted by Crippen LogP contribution is -2.19. The van der Waals surface area contributed by atoms with Gasteiger partial charge in [0.25, 0.3) is 0 Å². The monoisotopic (exact) mass is 239 g/mol. The molecule has 1 aliphatic carbocycles. The number of Topliss-reactive ketones (excluding diaryl/α,β-unsaturated/α-hetero) is 1. The average Bonchev–Trinajstić information content (AvgIpc) is 2.41. The summed E-state index contributed by atoms with van der Waals surface area (Å²) >= 11 is 0. The molecule has 3 rings (SSSR count). The standard InChI is InChI=1S/C14H9NO3/c1-18-12-7-11(16)13-9(14(12)17)6-8-4-2-3-5-10(8)15-13/h2-7H,1H3.